The minimum atomic E-state index is 0.277. The van der Waals surface area contributed by atoms with E-state index in [2.05, 4.69) is 15.5 Å². The van der Waals surface area contributed by atoms with Gasteiger partial charge in [0.1, 0.15) is 0 Å². The highest BCUT2D eigenvalue weighted by molar-refractivity contribution is 5.63. The van der Waals surface area contributed by atoms with E-state index in [1.165, 1.54) is 0 Å². The van der Waals surface area contributed by atoms with E-state index in [1.54, 1.807) is 0 Å². The van der Waals surface area contributed by atoms with Crippen LogP contribution >= 0.6 is 0 Å². The number of nitrogens with zero attached hydrogens (tertiary/aromatic N) is 3. The van der Waals surface area contributed by atoms with Gasteiger partial charge in [-0.2, -0.15) is 0 Å². The summed E-state index contributed by atoms with van der Waals surface area (Å²) in [5.41, 5.74) is 0.950. The van der Waals surface area contributed by atoms with Crippen LogP contribution in [0.1, 0.15) is 0 Å². The summed E-state index contributed by atoms with van der Waals surface area (Å²) in [5, 5.41) is 11.1. The molecule has 0 atom stereocenters. The van der Waals surface area contributed by atoms with E-state index >= 15 is 0 Å². The van der Waals surface area contributed by atoms with Crippen LogP contribution in [0.3, 0.4) is 0 Å². The predicted octanol–water partition coefficient (Wildman–Crippen LogP) is 1.25. The normalized spacial score (nSPS) is 12.8. The number of nitrogens with one attached hydrogen (secondary N) is 1. The summed E-state index contributed by atoms with van der Waals surface area (Å²) < 4.78 is 12.5. The largest absolute Gasteiger partial charge is 0.454 e. The molecular formula is C11H12N4O2. The number of anilines is 1. The van der Waals surface area contributed by atoms with E-state index in [4.69, 9.17) is 9.47 Å². The number of hydrogen-bond donors (Lipinski definition) is 1. The monoisotopic (exact) mass is 232 g/mol. The number of hydrogen-bond acceptors (Lipinski definition) is 5. The standard InChI is InChI=1S/C11H12N4O2/c1-12-11-14-13-10(15(11)2)7-3-4-8-9(5-7)17-6-16-8/h3-5H,6H2,1-2H3,(H,12,14). The number of aromatic nitrogens is 3. The second-order valence-electron chi connectivity index (χ2n) is 3.72. The molecule has 3 rings (SSSR count). The molecule has 1 aromatic heterocycles. The third-order valence-corrected chi connectivity index (χ3v) is 2.73. The van der Waals surface area contributed by atoms with Gasteiger partial charge in [-0.05, 0) is 18.2 Å². The summed E-state index contributed by atoms with van der Waals surface area (Å²) in [6, 6.07) is 5.73. The van der Waals surface area contributed by atoms with Gasteiger partial charge in [-0.1, -0.05) is 0 Å². The lowest BCUT2D eigenvalue weighted by atomic mass is 10.2. The molecule has 0 amide bonds. The lowest BCUT2D eigenvalue weighted by Gasteiger charge is -2.04. The Morgan fingerprint density at radius 3 is 2.82 bits per heavy atom. The molecule has 88 valence electrons. The highest BCUT2D eigenvalue weighted by Gasteiger charge is 2.16. The number of benzene rings is 1. The highest BCUT2D eigenvalue weighted by Crippen LogP contribution is 2.35. The average Bonchev–Trinajstić information content (AvgIpc) is 2.94. The Morgan fingerprint density at radius 1 is 1.24 bits per heavy atom. The van der Waals surface area contributed by atoms with Crippen molar-refractivity contribution in [2.45, 2.75) is 0 Å². The SMILES string of the molecule is CNc1nnc(-c2ccc3c(c2)OCO3)n1C. The van der Waals surface area contributed by atoms with Gasteiger partial charge < -0.3 is 14.8 Å². The third-order valence-electron chi connectivity index (χ3n) is 2.73. The van der Waals surface area contributed by atoms with E-state index < -0.39 is 0 Å². The van der Waals surface area contributed by atoms with Gasteiger partial charge in [-0.3, -0.25) is 4.57 Å². The number of ether oxygens (including phenoxy) is 2. The van der Waals surface area contributed by atoms with Crippen LogP contribution in [-0.4, -0.2) is 28.6 Å². The van der Waals surface area contributed by atoms with Crippen molar-refractivity contribution in [3.05, 3.63) is 18.2 Å². The van der Waals surface area contributed by atoms with E-state index in [9.17, 15) is 0 Å². The van der Waals surface area contributed by atoms with Crippen LogP contribution in [0.25, 0.3) is 11.4 Å². The molecule has 0 fully saturated rings. The number of rotatable bonds is 2. The van der Waals surface area contributed by atoms with Crippen molar-refractivity contribution in [2.75, 3.05) is 19.2 Å². The first kappa shape index (κ1) is 9.95. The quantitative estimate of drug-likeness (QED) is 0.844. The topological polar surface area (TPSA) is 61.2 Å². The molecule has 1 aromatic carbocycles. The van der Waals surface area contributed by atoms with Gasteiger partial charge in [0.25, 0.3) is 0 Å². The van der Waals surface area contributed by atoms with Crippen LogP contribution < -0.4 is 14.8 Å². The summed E-state index contributed by atoms with van der Waals surface area (Å²) in [4.78, 5) is 0. The molecule has 0 saturated carbocycles. The molecular weight excluding hydrogens is 220 g/mol. The number of fused-ring (bicyclic) bond motifs is 1. The second kappa shape index (κ2) is 3.65. The molecule has 0 bridgehead atoms. The van der Waals surface area contributed by atoms with Gasteiger partial charge in [-0.25, -0.2) is 0 Å². The Morgan fingerprint density at radius 2 is 2.06 bits per heavy atom. The van der Waals surface area contributed by atoms with Crippen LogP contribution in [0.5, 0.6) is 11.5 Å². The molecule has 0 saturated heterocycles. The maximum Gasteiger partial charge on any atom is 0.231 e. The predicted molar refractivity (Wildman–Crippen MR) is 62.1 cm³/mol. The van der Waals surface area contributed by atoms with Crippen LogP contribution in [-0.2, 0) is 7.05 Å². The van der Waals surface area contributed by atoms with Crippen molar-refractivity contribution in [2.24, 2.45) is 7.05 Å². The Bertz CT molecular complexity index is 565. The van der Waals surface area contributed by atoms with Crippen molar-refractivity contribution >= 4 is 5.95 Å². The minimum absolute atomic E-state index is 0.277. The van der Waals surface area contributed by atoms with Crippen LogP contribution in [0.15, 0.2) is 18.2 Å². The maximum atomic E-state index is 5.34. The molecule has 1 N–H and O–H groups in total. The van der Waals surface area contributed by atoms with E-state index in [0.717, 1.165) is 28.8 Å². The molecule has 0 unspecified atom stereocenters. The zero-order valence-corrected chi connectivity index (χ0v) is 9.60. The van der Waals surface area contributed by atoms with Crippen LogP contribution in [0.4, 0.5) is 5.95 Å². The zero-order valence-electron chi connectivity index (χ0n) is 9.60. The van der Waals surface area contributed by atoms with Crippen molar-refractivity contribution < 1.29 is 9.47 Å². The maximum absolute atomic E-state index is 5.34. The van der Waals surface area contributed by atoms with Crippen molar-refractivity contribution in [1.29, 1.82) is 0 Å². The van der Waals surface area contributed by atoms with Gasteiger partial charge in [-0.15, -0.1) is 10.2 Å². The molecule has 0 aliphatic carbocycles. The van der Waals surface area contributed by atoms with Crippen molar-refractivity contribution in [3.8, 4) is 22.9 Å². The van der Waals surface area contributed by atoms with E-state index in [0.29, 0.717) is 0 Å². The molecule has 1 aliphatic rings. The summed E-state index contributed by atoms with van der Waals surface area (Å²) in [6.07, 6.45) is 0. The van der Waals surface area contributed by atoms with E-state index in [-0.39, 0.29) is 6.79 Å². The Balaban J connectivity index is 2.06. The van der Waals surface area contributed by atoms with Gasteiger partial charge >= 0.3 is 0 Å². The molecule has 2 aromatic rings. The van der Waals surface area contributed by atoms with Gasteiger partial charge in [0.2, 0.25) is 12.7 Å². The van der Waals surface area contributed by atoms with Gasteiger partial charge in [0, 0.05) is 19.7 Å². The summed E-state index contributed by atoms with van der Waals surface area (Å²) in [5.74, 6) is 3.02. The third kappa shape index (κ3) is 1.49. The molecule has 17 heavy (non-hydrogen) atoms. The Kier molecular flexibility index (Phi) is 2.14. The zero-order chi connectivity index (χ0) is 11.8. The lowest BCUT2D eigenvalue weighted by Crippen LogP contribution is -1.99. The van der Waals surface area contributed by atoms with E-state index in [1.807, 2.05) is 36.9 Å². The van der Waals surface area contributed by atoms with Crippen molar-refractivity contribution in [3.63, 3.8) is 0 Å². The smallest absolute Gasteiger partial charge is 0.231 e. The van der Waals surface area contributed by atoms with Crippen LogP contribution in [0, 0.1) is 0 Å². The molecule has 2 heterocycles. The first-order valence-corrected chi connectivity index (χ1v) is 5.27. The minimum Gasteiger partial charge on any atom is -0.454 e. The second-order valence-corrected chi connectivity index (χ2v) is 3.72. The average molecular weight is 232 g/mol. The highest BCUT2D eigenvalue weighted by atomic mass is 16.7. The fourth-order valence-electron chi connectivity index (χ4n) is 1.83. The first-order valence-electron chi connectivity index (χ1n) is 5.27. The van der Waals surface area contributed by atoms with Crippen molar-refractivity contribution in [1.82, 2.24) is 14.8 Å². The Hall–Kier alpha value is -2.24. The Labute approximate surface area is 98.2 Å². The van der Waals surface area contributed by atoms with Crippen LogP contribution in [0.2, 0.25) is 0 Å². The molecule has 0 spiro atoms. The summed E-state index contributed by atoms with van der Waals surface area (Å²) in [6.45, 7) is 0.277. The van der Waals surface area contributed by atoms with Gasteiger partial charge in [0.15, 0.2) is 17.3 Å². The summed E-state index contributed by atoms with van der Waals surface area (Å²) in [7, 11) is 3.72. The molecule has 6 heteroatoms. The fraction of sp³-hybridized carbons (Fsp3) is 0.273. The lowest BCUT2D eigenvalue weighted by molar-refractivity contribution is 0.174. The fourth-order valence-corrected chi connectivity index (χ4v) is 1.83. The molecule has 0 radical (unpaired) electrons. The summed E-state index contributed by atoms with van der Waals surface area (Å²) >= 11 is 0. The molecule has 1 aliphatic heterocycles. The first-order chi connectivity index (χ1) is 8.29. The van der Waals surface area contributed by atoms with Gasteiger partial charge in [0.05, 0.1) is 0 Å². The molecule has 6 nitrogen and oxygen atoms in total.